The average Bonchev–Trinajstić information content (AvgIpc) is 3.06. The quantitative estimate of drug-likeness (QED) is 0.526. The number of carbonyl (C=O) groups is 1. The predicted molar refractivity (Wildman–Crippen MR) is 105 cm³/mol. The monoisotopic (exact) mass is 341 g/mol. The molecule has 1 N–H and O–H groups in total. The zero-order valence-corrected chi connectivity index (χ0v) is 14.7. The van der Waals surface area contributed by atoms with Crippen LogP contribution in [0.3, 0.4) is 0 Å². The van der Waals surface area contributed by atoms with Crippen LogP contribution in [0.25, 0.3) is 27.8 Å². The molecule has 0 aliphatic carbocycles. The van der Waals surface area contributed by atoms with Crippen molar-refractivity contribution in [2.75, 3.05) is 0 Å². The number of benzene rings is 3. The van der Waals surface area contributed by atoms with E-state index in [1.54, 1.807) is 18.2 Å². The minimum Gasteiger partial charge on any atom is -0.478 e. The molecule has 4 rings (SSSR count). The Morgan fingerprint density at radius 1 is 0.885 bits per heavy atom. The summed E-state index contributed by atoms with van der Waals surface area (Å²) in [6.45, 7) is 4.24. The second-order valence-corrected chi connectivity index (χ2v) is 6.53. The maximum Gasteiger partial charge on any atom is 0.335 e. The molecule has 0 atom stereocenters. The van der Waals surface area contributed by atoms with E-state index in [0.29, 0.717) is 0 Å². The first-order chi connectivity index (χ1) is 12.6. The Bertz CT molecular complexity index is 1120. The largest absolute Gasteiger partial charge is 0.478 e. The van der Waals surface area contributed by atoms with Crippen molar-refractivity contribution in [1.29, 1.82) is 0 Å². The lowest BCUT2D eigenvalue weighted by Crippen LogP contribution is -2.01. The van der Waals surface area contributed by atoms with Gasteiger partial charge < -0.3 is 9.67 Å². The molecule has 4 aromatic rings. The Balaban J connectivity index is 2.08. The van der Waals surface area contributed by atoms with Crippen LogP contribution in [0.2, 0.25) is 0 Å². The fourth-order valence-corrected chi connectivity index (χ4v) is 3.41. The molecule has 0 fully saturated rings. The molecule has 0 amide bonds. The van der Waals surface area contributed by atoms with E-state index in [2.05, 4.69) is 48.7 Å². The van der Waals surface area contributed by atoms with Crippen molar-refractivity contribution in [1.82, 2.24) is 4.57 Å². The standard InChI is InChI=1S/C23H19NO2/c1-15-11-12-21-20(16(15)2)14-22(17-7-4-3-5-8-17)24(21)19-10-6-9-18(13-19)23(25)26/h3-14H,1-2H3,(H,25,26). The third kappa shape index (κ3) is 2.58. The van der Waals surface area contributed by atoms with E-state index < -0.39 is 5.97 Å². The summed E-state index contributed by atoms with van der Waals surface area (Å²) in [4.78, 5) is 11.4. The van der Waals surface area contributed by atoms with Crippen LogP contribution in [0.4, 0.5) is 0 Å². The lowest BCUT2D eigenvalue weighted by atomic mass is 10.1. The van der Waals surface area contributed by atoms with Crippen molar-refractivity contribution in [3.8, 4) is 16.9 Å². The number of aryl methyl sites for hydroxylation is 2. The van der Waals surface area contributed by atoms with Gasteiger partial charge in [0.1, 0.15) is 0 Å². The topological polar surface area (TPSA) is 42.2 Å². The van der Waals surface area contributed by atoms with Crippen LogP contribution in [-0.4, -0.2) is 15.6 Å². The van der Waals surface area contributed by atoms with Crippen LogP contribution in [0.1, 0.15) is 21.5 Å². The summed E-state index contributed by atoms with van der Waals surface area (Å²) in [5.41, 5.74) is 6.85. The highest BCUT2D eigenvalue weighted by Gasteiger charge is 2.15. The Morgan fingerprint density at radius 3 is 2.38 bits per heavy atom. The Kier molecular flexibility index (Phi) is 3.85. The molecular formula is C23H19NO2. The van der Waals surface area contributed by atoms with Gasteiger partial charge in [-0.05, 0) is 60.9 Å². The smallest absolute Gasteiger partial charge is 0.335 e. The van der Waals surface area contributed by atoms with E-state index >= 15 is 0 Å². The zero-order chi connectivity index (χ0) is 18.3. The van der Waals surface area contributed by atoms with Crippen molar-refractivity contribution in [3.63, 3.8) is 0 Å². The Morgan fingerprint density at radius 2 is 1.65 bits per heavy atom. The Labute approximate surface area is 152 Å². The normalized spacial score (nSPS) is 11.0. The van der Waals surface area contributed by atoms with E-state index in [0.717, 1.165) is 22.5 Å². The van der Waals surface area contributed by atoms with Gasteiger partial charge in [0.25, 0.3) is 0 Å². The van der Waals surface area contributed by atoms with Crippen LogP contribution in [-0.2, 0) is 0 Å². The molecule has 1 aromatic heterocycles. The molecule has 0 aliphatic heterocycles. The summed E-state index contributed by atoms with van der Waals surface area (Å²) >= 11 is 0. The highest BCUT2D eigenvalue weighted by Crippen LogP contribution is 2.34. The van der Waals surface area contributed by atoms with Gasteiger partial charge in [-0.1, -0.05) is 42.5 Å². The van der Waals surface area contributed by atoms with E-state index in [9.17, 15) is 9.90 Å². The molecule has 0 radical (unpaired) electrons. The highest BCUT2D eigenvalue weighted by molar-refractivity contribution is 5.93. The molecule has 3 nitrogen and oxygen atoms in total. The van der Waals surface area contributed by atoms with Gasteiger partial charge in [0.05, 0.1) is 16.8 Å². The molecule has 0 unspecified atom stereocenters. The zero-order valence-electron chi connectivity index (χ0n) is 14.7. The van der Waals surface area contributed by atoms with Crippen molar-refractivity contribution in [2.45, 2.75) is 13.8 Å². The molecule has 1 heterocycles. The van der Waals surface area contributed by atoms with Crippen LogP contribution in [0.5, 0.6) is 0 Å². The molecule has 0 aliphatic rings. The number of hydrogen-bond donors (Lipinski definition) is 1. The predicted octanol–water partition coefficient (Wildman–Crippen LogP) is 5.61. The van der Waals surface area contributed by atoms with Crippen molar-refractivity contribution in [3.05, 3.63) is 89.5 Å². The minimum absolute atomic E-state index is 0.284. The highest BCUT2D eigenvalue weighted by atomic mass is 16.4. The second-order valence-electron chi connectivity index (χ2n) is 6.53. The summed E-state index contributed by atoms with van der Waals surface area (Å²) in [7, 11) is 0. The first kappa shape index (κ1) is 16.2. The van der Waals surface area contributed by atoms with Gasteiger partial charge in [-0.3, -0.25) is 0 Å². The Hall–Kier alpha value is -3.33. The molecule has 0 saturated heterocycles. The number of rotatable bonds is 3. The maximum absolute atomic E-state index is 11.4. The molecule has 0 bridgehead atoms. The fourth-order valence-electron chi connectivity index (χ4n) is 3.41. The van der Waals surface area contributed by atoms with E-state index in [1.165, 1.54) is 16.5 Å². The number of aromatic nitrogens is 1. The van der Waals surface area contributed by atoms with Gasteiger partial charge in [0, 0.05) is 11.1 Å². The first-order valence-electron chi connectivity index (χ1n) is 8.57. The van der Waals surface area contributed by atoms with Gasteiger partial charge in [-0.2, -0.15) is 0 Å². The molecule has 0 saturated carbocycles. The van der Waals surface area contributed by atoms with Gasteiger partial charge >= 0.3 is 5.97 Å². The summed E-state index contributed by atoms with van der Waals surface area (Å²) in [6, 6.07) is 23.7. The number of nitrogens with zero attached hydrogens (tertiary/aromatic N) is 1. The number of carboxylic acid groups (broad SMARTS) is 1. The number of carboxylic acids is 1. The lowest BCUT2D eigenvalue weighted by Gasteiger charge is -2.12. The fraction of sp³-hybridized carbons (Fsp3) is 0.0870. The van der Waals surface area contributed by atoms with Gasteiger partial charge in [-0.15, -0.1) is 0 Å². The van der Waals surface area contributed by atoms with Crippen molar-refractivity contribution >= 4 is 16.9 Å². The SMILES string of the molecule is Cc1ccc2c(cc(-c3ccccc3)n2-c2cccc(C(=O)O)c2)c1C. The third-order valence-corrected chi connectivity index (χ3v) is 4.95. The van der Waals surface area contributed by atoms with Crippen LogP contribution < -0.4 is 0 Å². The second kappa shape index (κ2) is 6.19. The average molecular weight is 341 g/mol. The van der Waals surface area contributed by atoms with Crippen LogP contribution in [0, 0.1) is 13.8 Å². The molecular weight excluding hydrogens is 322 g/mol. The number of fused-ring (bicyclic) bond motifs is 1. The summed E-state index contributed by atoms with van der Waals surface area (Å²) in [5, 5.41) is 10.6. The van der Waals surface area contributed by atoms with Crippen LogP contribution >= 0.6 is 0 Å². The van der Waals surface area contributed by atoms with Crippen LogP contribution in [0.15, 0.2) is 72.8 Å². The van der Waals surface area contributed by atoms with Gasteiger partial charge in [0.2, 0.25) is 0 Å². The van der Waals surface area contributed by atoms with E-state index in [4.69, 9.17) is 0 Å². The molecule has 128 valence electrons. The van der Waals surface area contributed by atoms with E-state index in [1.807, 2.05) is 24.3 Å². The number of aromatic carboxylic acids is 1. The minimum atomic E-state index is -0.920. The maximum atomic E-state index is 11.4. The number of hydrogen-bond acceptors (Lipinski definition) is 1. The summed E-state index contributed by atoms with van der Waals surface area (Å²) < 4.78 is 2.14. The molecule has 0 spiro atoms. The summed E-state index contributed by atoms with van der Waals surface area (Å²) in [6.07, 6.45) is 0. The molecule has 26 heavy (non-hydrogen) atoms. The van der Waals surface area contributed by atoms with E-state index in [-0.39, 0.29) is 5.56 Å². The molecule has 3 heteroatoms. The third-order valence-electron chi connectivity index (χ3n) is 4.95. The first-order valence-corrected chi connectivity index (χ1v) is 8.57. The van der Waals surface area contributed by atoms with Crippen molar-refractivity contribution in [2.24, 2.45) is 0 Å². The molecule has 3 aromatic carbocycles. The summed E-state index contributed by atoms with van der Waals surface area (Å²) in [5.74, 6) is -0.920. The van der Waals surface area contributed by atoms with Gasteiger partial charge in [-0.25, -0.2) is 4.79 Å². The van der Waals surface area contributed by atoms with Crippen molar-refractivity contribution < 1.29 is 9.90 Å². The lowest BCUT2D eigenvalue weighted by molar-refractivity contribution is 0.0697. The van der Waals surface area contributed by atoms with Gasteiger partial charge in [0.15, 0.2) is 0 Å².